The first-order chi connectivity index (χ1) is 17.9. The Morgan fingerprint density at radius 2 is 1.50 bits per heavy atom. The molecule has 196 valence electrons. The molecule has 1 aromatic heterocycles. The third kappa shape index (κ3) is 5.73. The zero-order valence-corrected chi connectivity index (χ0v) is 23.7. The van der Waals surface area contributed by atoms with Crippen LogP contribution in [0.2, 0.25) is 0 Å². The van der Waals surface area contributed by atoms with Gasteiger partial charge in [0.15, 0.2) is 10.9 Å². The fraction of sp³-hybridized carbons (Fsp3) is 0.290. The van der Waals surface area contributed by atoms with E-state index < -0.39 is 5.25 Å². The van der Waals surface area contributed by atoms with E-state index in [9.17, 15) is 14.4 Å². The zero-order chi connectivity index (χ0) is 27.7. The minimum Gasteiger partial charge on any atom is -0.350 e. The lowest BCUT2D eigenvalue weighted by molar-refractivity contribution is 0.0942. The van der Waals surface area contributed by atoms with E-state index in [4.69, 9.17) is 4.98 Å². The SMILES string of the molecule is Cc1cc(C)cc(-n2c(S[C@H](C)C(=O)c3ccc(C)c(C)c3)nc3cc(C(=O)NC(C)C)ccc3c2=O)c1. The highest BCUT2D eigenvalue weighted by Gasteiger charge is 2.22. The molecule has 1 atom stereocenters. The van der Waals surface area contributed by atoms with Gasteiger partial charge in [-0.2, -0.15) is 0 Å². The smallest absolute Gasteiger partial charge is 0.266 e. The van der Waals surface area contributed by atoms with Gasteiger partial charge in [-0.3, -0.25) is 19.0 Å². The molecule has 7 heteroatoms. The van der Waals surface area contributed by atoms with E-state index in [-0.39, 0.29) is 23.3 Å². The Labute approximate surface area is 227 Å². The summed E-state index contributed by atoms with van der Waals surface area (Å²) in [5.41, 5.74) is 6.13. The lowest BCUT2D eigenvalue weighted by atomic mass is 10.0. The van der Waals surface area contributed by atoms with E-state index in [0.717, 1.165) is 22.3 Å². The highest BCUT2D eigenvalue weighted by atomic mass is 32.2. The van der Waals surface area contributed by atoms with E-state index >= 15 is 0 Å². The van der Waals surface area contributed by atoms with E-state index in [1.54, 1.807) is 22.8 Å². The molecule has 0 unspecified atom stereocenters. The molecule has 0 aliphatic carbocycles. The molecule has 3 aromatic carbocycles. The number of carbonyl (C=O) groups is 2. The molecule has 0 radical (unpaired) electrons. The van der Waals surface area contributed by atoms with Crippen molar-refractivity contribution in [3.8, 4) is 5.69 Å². The van der Waals surface area contributed by atoms with Gasteiger partial charge in [-0.1, -0.05) is 30.0 Å². The van der Waals surface area contributed by atoms with E-state index in [2.05, 4.69) is 5.32 Å². The van der Waals surface area contributed by atoms with Gasteiger partial charge >= 0.3 is 0 Å². The van der Waals surface area contributed by atoms with E-state index in [1.165, 1.54) is 11.8 Å². The van der Waals surface area contributed by atoms with Crippen LogP contribution in [0.4, 0.5) is 0 Å². The number of aryl methyl sites for hydroxylation is 4. The van der Waals surface area contributed by atoms with Crippen molar-refractivity contribution in [3.05, 3.63) is 98.3 Å². The van der Waals surface area contributed by atoms with Crippen molar-refractivity contribution >= 4 is 34.4 Å². The summed E-state index contributed by atoms with van der Waals surface area (Å²) in [6, 6.07) is 16.5. The summed E-state index contributed by atoms with van der Waals surface area (Å²) in [5.74, 6) is -0.265. The Hall–Kier alpha value is -3.71. The fourth-order valence-corrected chi connectivity index (χ4v) is 5.38. The van der Waals surface area contributed by atoms with Crippen molar-refractivity contribution in [1.29, 1.82) is 0 Å². The Bertz CT molecular complexity index is 1600. The number of carbonyl (C=O) groups excluding carboxylic acids is 2. The molecule has 0 saturated heterocycles. The van der Waals surface area contributed by atoms with Crippen LogP contribution in [-0.4, -0.2) is 32.5 Å². The average Bonchev–Trinajstić information content (AvgIpc) is 2.84. The Morgan fingerprint density at radius 3 is 2.13 bits per heavy atom. The number of benzene rings is 3. The van der Waals surface area contributed by atoms with Gasteiger partial charge in [0.05, 0.1) is 21.8 Å². The third-order valence-corrected chi connectivity index (χ3v) is 7.48. The summed E-state index contributed by atoms with van der Waals surface area (Å²) in [6.45, 7) is 13.6. The van der Waals surface area contributed by atoms with Crippen molar-refractivity contribution < 1.29 is 9.59 Å². The number of amides is 1. The van der Waals surface area contributed by atoms with Crippen LogP contribution in [0.25, 0.3) is 16.6 Å². The Morgan fingerprint density at radius 1 is 0.842 bits per heavy atom. The van der Waals surface area contributed by atoms with E-state index in [1.807, 2.05) is 84.9 Å². The number of Topliss-reactive ketones (excluding diaryl/α,β-unsaturated/α-hetero) is 1. The summed E-state index contributed by atoms with van der Waals surface area (Å²) >= 11 is 1.25. The maximum atomic E-state index is 13.9. The van der Waals surface area contributed by atoms with Gasteiger partial charge in [0.1, 0.15) is 0 Å². The van der Waals surface area contributed by atoms with Crippen molar-refractivity contribution in [2.45, 2.75) is 64.9 Å². The van der Waals surface area contributed by atoms with Crippen LogP contribution in [-0.2, 0) is 0 Å². The van der Waals surface area contributed by atoms with Crippen molar-refractivity contribution in [1.82, 2.24) is 14.9 Å². The van der Waals surface area contributed by atoms with Crippen LogP contribution in [0.5, 0.6) is 0 Å². The van der Waals surface area contributed by atoms with Crippen molar-refractivity contribution in [2.24, 2.45) is 0 Å². The third-order valence-electron chi connectivity index (χ3n) is 6.43. The molecular weight excluding hydrogens is 494 g/mol. The van der Waals surface area contributed by atoms with Crippen LogP contribution in [0.1, 0.15) is 63.7 Å². The largest absolute Gasteiger partial charge is 0.350 e. The summed E-state index contributed by atoms with van der Waals surface area (Å²) in [6.07, 6.45) is 0. The summed E-state index contributed by atoms with van der Waals surface area (Å²) in [7, 11) is 0. The van der Waals surface area contributed by atoms with Crippen LogP contribution in [0.3, 0.4) is 0 Å². The second kappa shape index (κ2) is 11.0. The van der Waals surface area contributed by atoms with Crippen LogP contribution >= 0.6 is 11.8 Å². The molecule has 0 aliphatic rings. The number of rotatable bonds is 7. The lowest BCUT2D eigenvalue weighted by Crippen LogP contribution is -2.30. The highest BCUT2D eigenvalue weighted by molar-refractivity contribution is 8.00. The Kier molecular flexibility index (Phi) is 7.88. The average molecular weight is 528 g/mol. The quantitative estimate of drug-likeness (QED) is 0.178. The van der Waals surface area contributed by atoms with Crippen LogP contribution in [0, 0.1) is 27.7 Å². The van der Waals surface area contributed by atoms with Crippen molar-refractivity contribution in [3.63, 3.8) is 0 Å². The first-order valence-electron chi connectivity index (χ1n) is 12.7. The number of thioether (sulfide) groups is 1. The molecule has 38 heavy (non-hydrogen) atoms. The van der Waals surface area contributed by atoms with Gasteiger partial charge in [0, 0.05) is 17.2 Å². The molecule has 4 aromatic rings. The number of aromatic nitrogens is 2. The molecule has 0 fully saturated rings. The van der Waals surface area contributed by atoms with Gasteiger partial charge in [-0.25, -0.2) is 4.98 Å². The standard InChI is InChI=1S/C31H33N3O3S/c1-17(2)32-29(36)24-10-11-26-27(16-24)33-31(34(30(26)37)25-13-18(3)12-19(4)14-25)38-22(7)28(35)23-9-8-20(5)21(6)15-23/h8-17,22H,1-7H3,(H,32,36)/t22-/m1/s1. The lowest BCUT2D eigenvalue weighted by Gasteiger charge is -2.17. The predicted molar refractivity (Wildman–Crippen MR) is 155 cm³/mol. The first-order valence-corrected chi connectivity index (χ1v) is 13.6. The molecule has 1 heterocycles. The second-order valence-corrected chi connectivity index (χ2v) is 11.5. The molecule has 1 amide bonds. The van der Waals surface area contributed by atoms with Gasteiger partial charge in [0.25, 0.3) is 11.5 Å². The van der Waals surface area contributed by atoms with Crippen molar-refractivity contribution in [2.75, 3.05) is 0 Å². The summed E-state index contributed by atoms with van der Waals surface area (Å²) in [5, 5.41) is 3.19. The summed E-state index contributed by atoms with van der Waals surface area (Å²) < 4.78 is 1.57. The number of hydrogen-bond acceptors (Lipinski definition) is 5. The number of hydrogen-bond donors (Lipinski definition) is 1. The zero-order valence-electron chi connectivity index (χ0n) is 22.9. The summed E-state index contributed by atoms with van der Waals surface area (Å²) in [4.78, 5) is 44.7. The van der Waals surface area contributed by atoms with Crippen LogP contribution in [0.15, 0.2) is 64.5 Å². The fourth-order valence-electron chi connectivity index (χ4n) is 4.38. The molecule has 0 bridgehead atoms. The maximum Gasteiger partial charge on any atom is 0.266 e. The highest BCUT2D eigenvalue weighted by Crippen LogP contribution is 2.28. The predicted octanol–water partition coefficient (Wildman–Crippen LogP) is 6.12. The minimum atomic E-state index is -0.494. The van der Waals surface area contributed by atoms with Gasteiger partial charge in [-0.05, 0) is 107 Å². The van der Waals surface area contributed by atoms with Gasteiger partial charge in [0.2, 0.25) is 0 Å². The Balaban J connectivity index is 1.85. The number of fused-ring (bicyclic) bond motifs is 1. The monoisotopic (exact) mass is 527 g/mol. The normalized spacial score (nSPS) is 12.1. The topological polar surface area (TPSA) is 81.1 Å². The molecule has 0 aliphatic heterocycles. The molecule has 4 rings (SSSR count). The maximum absolute atomic E-state index is 13.9. The molecule has 1 N–H and O–H groups in total. The number of nitrogens with zero attached hydrogens (tertiary/aromatic N) is 2. The number of nitrogens with one attached hydrogen (secondary N) is 1. The minimum absolute atomic E-state index is 0.0212. The molecular formula is C31H33N3O3S. The van der Waals surface area contributed by atoms with E-state index in [0.29, 0.717) is 32.9 Å². The number of ketones is 1. The van der Waals surface area contributed by atoms with Gasteiger partial charge < -0.3 is 5.32 Å². The van der Waals surface area contributed by atoms with Crippen LogP contribution < -0.4 is 10.9 Å². The first kappa shape index (κ1) is 27.3. The molecule has 0 saturated carbocycles. The van der Waals surface area contributed by atoms with Gasteiger partial charge in [-0.15, -0.1) is 0 Å². The molecule has 6 nitrogen and oxygen atoms in total. The molecule has 0 spiro atoms. The second-order valence-electron chi connectivity index (χ2n) is 10.2.